The molecule has 1 N–H and O–H groups in total. The summed E-state index contributed by atoms with van der Waals surface area (Å²) >= 11 is 5.73. The van der Waals surface area contributed by atoms with Gasteiger partial charge < -0.3 is 9.88 Å². The van der Waals surface area contributed by atoms with E-state index in [-0.39, 0.29) is 0 Å². The highest BCUT2D eigenvalue weighted by atomic mass is 35.5. The zero-order valence-electron chi connectivity index (χ0n) is 8.76. The Labute approximate surface area is 97.7 Å². The molecule has 0 aliphatic rings. The van der Waals surface area contributed by atoms with Gasteiger partial charge in [0.05, 0.1) is 0 Å². The van der Waals surface area contributed by atoms with Gasteiger partial charge >= 0.3 is 0 Å². The summed E-state index contributed by atoms with van der Waals surface area (Å²) in [4.78, 5) is 7.83. The number of nitrogens with zero attached hydrogens (tertiary/aromatic N) is 5. The second-order valence-corrected chi connectivity index (χ2v) is 3.65. The highest BCUT2D eigenvalue weighted by Gasteiger charge is 2.00. The minimum atomic E-state index is 0.427. The van der Waals surface area contributed by atoms with Crippen LogP contribution < -0.4 is 5.32 Å². The molecule has 0 bridgehead atoms. The van der Waals surface area contributed by atoms with Gasteiger partial charge in [0, 0.05) is 26.1 Å². The number of halogens is 1. The molecular weight excluding hydrogens is 228 g/mol. The van der Waals surface area contributed by atoms with Crippen molar-refractivity contribution < 1.29 is 0 Å². The highest BCUT2D eigenvalue weighted by molar-refractivity contribution is 6.29. The van der Waals surface area contributed by atoms with E-state index in [1.165, 1.54) is 6.33 Å². The number of rotatable bonds is 4. The molecule has 0 aromatic carbocycles. The van der Waals surface area contributed by atoms with Gasteiger partial charge in [0.1, 0.15) is 29.5 Å². The summed E-state index contributed by atoms with van der Waals surface area (Å²) in [5.74, 6) is 1.63. The summed E-state index contributed by atoms with van der Waals surface area (Å²) in [7, 11) is 1.91. The standard InChI is InChI=1S/C9H11ClN6/c1-16-6-14-15-9(16)2-3-11-8-4-7(10)12-5-13-8/h4-6H,2-3H2,1H3,(H,11,12,13). The molecule has 0 unspecified atom stereocenters. The summed E-state index contributed by atoms with van der Waals surface area (Å²) in [6.45, 7) is 0.722. The van der Waals surface area contributed by atoms with Crippen LogP contribution in [0.2, 0.25) is 5.15 Å². The third-order valence-electron chi connectivity index (χ3n) is 2.09. The van der Waals surface area contributed by atoms with Crippen LogP contribution in [-0.4, -0.2) is 31.3 Å². The Morgan fingerprint density at radius 3 is 3.00 bits per heavy atom. The van der Waals surface area contributed by atoms with Crippen LogP contribution in [0.1, 0.15) is 5.82 Å². The van der Waals surface area contributed by atoms with Gasteiger partial charge in [-0.05, 0) is 0 Å². The summed E-state index contributed by atoms with van der Waals surface area (Å²) in [5, 5.41) is 11.3. The maximum Gasteiger partial charge on any atom is 0.134 e. The Bertz CT molecular complexity index is 469. The molecule has 0 saturated heterocycles. The molecule has 2 rings (SSSR count). The Hall–Kier alpha value is -1.69. The smallest absolute Gasteiger partial charge is 0.134 e. The van der Waals surface area contributed by atoms with Crippen LogP contribution in [0.5, 0.6) is 0 Å². The van der Waals surface area contributed by atoms with Crippen LogP contribution in [0.15, 0.2) is 18.7 Å². The predicted molar refractivity (Wildman–Crippen MR) is 60.2 cm³/mol. The minimum absolute atomic E-state index is 0.427. The van der Waals surface area contributed by atoms with Crippen LogP contribution in [-0.2, 0) is 13.5 Å². The molecule has 0 atom stereocenters. The average molecular weight is 239 g/mol. The second-order valence-electron chi connectivity index (χ2n) is 3.26. The maximum absolute atomic E-state index is 5.73. The van der Waals surface area contributed by atoms with Crippen LogP contribution >= 0.6 is 11.6 Å². The van der Waals surface area contributed by atoms with Crippen molar-refractivity contribution in [2.45, 2.75) is 6.42 Å². The monoisotopic (exact) mass is 238 g/mol. The minimum Gasteiger partial charge on any atom is -0.369 e. The number of aromatic nitrogens is 5. The van der Waals surface area contributed by atoms with Crippen LogP contribution in [0.4, 0.5) is 5.82 Å². The highest BCUT2D eigenvalue weighted by Crippen LogP contribution is 2.08. The van der Waals surface area contributed by atoms with Crippen molar-refractivity contribution in [3.8, 4) is 0 Å². The molecule has 2 heterocycles. The van der Waals surface area contributed by atoms with E-state index < -0.39 is 0 Å². The lowest BCUT2D eigenvalue weighted by molar-refractivity contribution is 0.787. The molecule has 0 saturated carbocycles. The van der Waals surface area contributed by atoms with Crippen molar-refractivity contribution in [2.75, 3.05) is 11.9 Å². The van der Waals surface area contributed by atoms with E-state index in [0.29, 0.717) is 11.0 Å². The van der Waals surface area contributed by atoms with Gasteiger partial charge in [0.15, 0.2) is 0 Å². The quantitative estimate of drug-likeness (QED) is 0.802. The lowest BCUT2D eigenvalue weighted by Crippen LogP contribution is -2.09. The SMILES string of the molecule is Cn1cnnc1CCNc1cc(Cl)ncn1. The molecule has 0 amide bonds. The van der Waals surface area contributed by atoms with E-state index in [2.05, 4.69) is 25.5 Å². The van der Waals surface area contributed by atoms with Gasteiger partial charge in [-0.1, -0.05) is 11.6 Å². The summed E-state index contributed by atoms with van der Waals surface area (Å²) in [6.07, 6.45) is 3.88. The number of hydrogen-bond donors (Lipinski definition) is 1. The Kier molecular flexibility index (Phi) is 3.31. The summed E-state index contributed by atoms with van der Waals surface area (Å²) in [6, 6.07) is 1.68. The third kappa shape index (κ3) is 2.66. The molecule has 2 aromatic rings. The number of aryl methyl sites for hydroxylation is 1. The van der Waals surface area contributed by atoms with Crippen molar-refractivity contribution >= 4 is 17.4 Å². The zero-order valence-corrected chi connectivity index (χ0v) is 9.52. The van der Waals surface area contributed by atoms with Crippen molar-refractivity contribution in [3.05, 3.63) is 29.7 Å². The van der Waals surface area contributed by atoms with Gasteiger partial charge in [-0.2, -0.15) is 0 Å². The number of hydrogen-bond acceptors (Lipinski definition) is 5. The zero-order chi connectivity index (χ0) is 11.4. The van der Waals surface area contributed by atoms with Crippen molar-refractivity contribution in [3.63, 3.8) is 0 Å². The molecule has 0 fully saturated rings. The predicted octanol–water partition coefficient (Wildman–Crippen LogP) is 0.913. The lowest BCUT2D eigenvalue weighted by Gasteiger charge is -2.04. The fourth-order valence-electron chi connectivity index (χ4n) is 1.27. The van der Waals surface area contributed by atoms with Crippen LogP contribution in [0, 0.1) is 0 Å². The number of nitrogens with one attached hydrogen (secondary N) is 1. The first-order valence-electron chi connectivity index (χ1n) is 4.80. The molecule has 2 aromatic heterocycles. The first kappa shape index (κ1) is 10.8. The van der Waals surface area contributed by atoms with Gasteiger partial charge in [-0.3, -0.25) is 0 Å². The fraction of sp³-hybridized carbons (Fsp3) is 0.333. The second kappa shape index (κ2) is 4.89. The Morgan fingerprint density at radius 1 is 1.44 bits per heavy atom. The topological polar surface area (TPSA) is 68.5 Å². The van der Waals surface area contributed by atoms with E-state index in [9.17, 15) is 0 Å². The summed E-state index contributed by atoms with van der Waals surface area (Å²) < 4.78 is 1.88. The fourth-order valence-corrected chi connectivity index (χ4v) is 1.41. The van der Waals surface area contributed by atoms with Gasteiger partial charge in [-0.25, -0.2) is 9.97 Å². The van der Waals surface area contributed by atoms with Crippen LogP contribution in [0.25, 0.3) is 0 Å². The average Bonchev–Trinajstić information content (AvgIpc) is 2.65. The van der Waals surface area contributed by atoms with Crippen molar-refractivity contribution in [1.82, 2.24) is 24.7 Å². The molecule has 6 nitrogen and oxygen atoms in total. The normalized spacial score (nSPS) is 10.4. The van der Waals surface area contributed by atoms with Crippen molar-refractivity contribution in [1.29, 1.82) is 0 Å². The maximum atomic E-state index is 5.73. The van der Waals surface area contributed by atoms with E-state index in [1.54, 1.807) is 12.4 Å². The van der Waals surface area contributed by atoms with Gasteiger partial charge in [-0.15, -0.1) is 10.2 Å². The van der Waals surface area contributed by atoms with E-state index in [1.807, 2.05) is 11.6 Å². The summed E-state index contributed by atoms with van der Waals surface area (Å²) in [5.41, 5.74) is 0. The molecule has 84 valence electrons. The first-order valence-corrected chi connectivity index (χ1v) is 5.18. The molecular formula is C9H11ClN6. The molecule has 0 spiro atoms. The molecule has 0 aliphatic heterocycles. The molecule has 0 radical (unpaired) electrons. The first-order chi connectivity index (χ1) is 7.75. The molecule has 0 aliphatic carbocycles. The van der Waals surface area contributed by atoms with Gasteiger partial charge in [0.25, 0.3) is 0 Å². The van der Waals surface area contributed by atoms with Crippen LogP contribution in [0.3, 0.4) is 0 Å². The molecule has 16 heavy (non-hydrogen) atoms. The van der Waals surface area contributed by atoms with E-state index in [4.69, 9.17) is 11.6 Å². The lowest BCUT2D eigenvalue weighted by atomic mass is 10.4. The van der Waals surface area contributed by atoms with Crippen molar-refractivity contribution in [2.24, 2.45) is 7.05 Å². The largest absolute Gasteiger partial charge is 0.369 e. The Balaban J connectivity index is 1.87. The number of anilines is 1. The van der Waals surface area contributed by atoms with Gasteiger partial charge in [0.2, 0.25) is 0 Å². The van der Waals surface area contributed by atoms with E-state index in [0.717, 1.165) is 18.8 Å². The Morgan fingerprint density at radius 2 is 2.31 bits per heavy atom. The van der Waals surface area contributed by atoms with E-state index >= 15 is 0 Å². The third-order valence-corrected chi connectivity index (χ3v) is 2.30. The molecule has 7 heteroatoms.